The lowest BCUT2D eigenvalue weighted by Crippen LogP contribution is -2.47. The van der Waals surface area contributed by atoms with Crippen LogP contribution in [0.15, 0.2) is 72.9 Å². The van der Waals surface area contributed by atoms with Crippen LogP contribution in [0, 0.1) is 0 Å². The lowest BCUT2D eigenvalue weighted by molar-refractivity contribution is -0.870. The zero-order chi connectivity index (χ0) is 63.5. The molecule has 10 heteroatoms. The first-order chi connectivity index (χ1) is 42.4. The van der Waals surface area contributed by atoms with Gasteiger partial charge >= 0.3 is 5.97 Å². The molecule has 1 N–H and O–H groups in total. The van der Waals surface area contributed by atoms with Gasteiger partial charge in [-0.2, -0.15) is 0 Å². The molecule has 3 unspecified atom stereocenters. The number of nitrogens with zero attached hydrogens (tertiary/aromatic N) is 1. The number of allylic oxidation sites excluding steroid dienone is 11. The molecule has 0 saturated heterocycles. The first-order valence-corrected chi connectivity index (χ1v) is 38.7. The van der Waals surface area contributed by atoms with Crippen LogP contribution in [0.2, 0.25) is 0 Å². The summed E-state index contributed by atoms with van der Waals surface area (Å²) in [4.78, 5) is 40.3. The van der Waals surface area contributed by atoms with E-state index >= 15 is 0 Å². The molecule has 0 aromatic carbocycles. The highest BCUT2D eigenvalue weighted by Crippen LogP contribution is 2.38. The summed E-state index contributed by atoms with van der Waals surface area (Å²) >= 11 is 0. The molecule has 0 aliphatic heterocycles. The van der Waals surface area contributed by atoms with Crippen LogP contribution in [-0.2, 0) is 27.9 Å². The van der Waals surface area contributed by atoms with Crippen LogP contribution in [0.4, 0.5) is 0 Å². The van der Waals surface area contributed by atoms with E-state index < -0.39 is 20.0 Å². The van der Waals surface area contributed by atoms with Gasteiger partial charge in [0, 0.05) is 12.8 Å². The van der Waals surface area contributed by atoms with E-state index in [4.69, 9.17) is 13.8 Å². The predicted molar refractivity (Wildman–Crippen MR) is 376 cm³/mol. The Bertz CT molecular complexity index is 1720. The van der Waals surface area contributed by atoms with E-state index in [-0.39, 0.29) is 31.5 Å². The Balaban J connectivity index is 5.05. The smallest absolute Gasteiger partial charge is 0.306 e. The first-order valence-electron chi connectivity index (χ1n) is 37.2. The van der Waals surface area contributed by atoms with Crippen molar-refractivity contribution in [3.63, 3.8) is 0 Å². The zero-order valence-corrected chi connectivity index (χ0v) is 59.1. The summed E-state index contributed by atoms with van der Waals surface area (Å²) in [6, 6.07) is -0.893. The highest BCUT2D eigenvalue weighted by atomic mass is 31.2. The number of carbonyl (C=O) groups excluding carboxylic acids is 2. The van der Waals surface area contributed by atoms with Crippen molar-refractivity contribution in [3.05, 3.63) is 72.9 Å². The Morgan fingerprint density at radius 3 is 1.07 bits per heavy atom. The maximum Gasteiger partial charge on any atom is 0.306 e. The quantitative estimate of drug-likeness (QED) is 0.0212. The molecule has 0 aliphatic carbocycles. The lowest BCUT2D eigenvalue weighted by Gasteiger charge is -2.30. The Kier molecular flexibility index (Phi) is 64.4. The van der Waals surface area contributed by atoms with E-state index in [0.29, 0.717) is 17.4 Å². The van der Waals surface area contributed by atoms with Crippen LogP contribution in [0.25, 0.3) is 0 Å². The second-order valence-corrected chi connectivity index (χ2v) is 27.9. The van der Waals surface area contributed by atoms with Crippen LogP contribution in [0.1, 0.15) is 355 Å². The summed E-state index contributed by atoms with van der Waals surface area (Å²) in [6.07, 6.45) is 87.4. The second kappa shape index (κ2) is 66.4. The van der Waals surface area contributed by atoms with Crippen molar-refractivity contribution in [1.29, 1.82) is 0 Å². The van der Waals surface area contributed by atoms with Crippen molar-refractivity contribution >= 4 is 19.7 Å². The molecule has 0 saturated carbocycles. The van der Waals surface area contributed by atoms with Gasteiger partial charge in [0.15, 0.2) is 0 Å². The van der Waals surface area contributed by atoms with Crippen LogP contribution in [0.3, 0.4) is 0 Å². The Morgan fingerprint density at radius 1 is 0.402 bits per heavy atom. The third kappa shape index (κ3) is 67.7. The minimum atomic E-state index is -4.71. The van der Waals surface area contributed by atoms with Gasteiger partial charge in [0.25, 0.3) is 7.82 Å². The SMILES string of the molecule is CCCCC/C=C\C/C=C\C/C=C\CCCCCCCCCCCCC(=O)OC(/C=C/CCCCCCCCCCCCC)C(COP(=O)([O-])OCC[N+](C)(C)C)NC(=O)CCCCCCCCCCCCCCCCC/C=C\C/C=C\CCCCC. The largest absolute Gasteiger partial charge is 0.756 e. The van der Waals surface area contributed by atoms with Crippen molar-refractivity contribution in [3.8, 4) is 0 Å². The third-order valence-electron chi connectivity index (χ3n) is 16.6. The van der Waals surface area contributed by atoms with Crippen LogP contribution in [0.5, 0.6) is 0 Å². The second-order valence-electron chi connectivity index (χ2n) is 26.4. The summed E-state index contributed by atoms with van der Waals surface area (Å²) in [5.41, 5.74) is 0. The van der Waals surface area contributed by atoms with Gasteiger partial charge in [-0.05, 0) is 102 Å². The molecule has 0 bridgehead atoms. The van der Waals surface area contributed by atoms with Gasteiger partial charge in [0.05, 0.1) is 33.8 Å². The molecule has 508 valence electrons. The number of quaternary nitrogens is 1. The fourth-order valence-corrected chi connectivity index (χ4v) is 11.6. The van der Waals surface area contributed by atoms with Crippen LogP contribution >= 0.6 is 7.82 Å². The number of rotatable bonds is 68. The Labute approximate surface area is 540 Å². The topological polar surface area (TPSA) is 114 Å². The van der Waals surface area contributed by atoms with E-state index in [0.717, 1.165) is 77.0 Å². The standard InChI is InChI=1S/C77H143N2O7P/c1-7-10-13-16-19-22-25-28-30-32-34-36-38-39-41-42-44-46-48-51-54-57-60-63-66-69-76(80)78-74(73-85-87(82,83)84-72-71-79(4,5)6)75(68-65-62-59-56-53-50-27-24-21-18-15-12-9-3)86-77(81)70-67-64-61-58-55-52-49-47-45-43-40-37-35-33-31-29-26-23-20-17-14-11-8-2/h19-20,22-23,28-31,35,37,65,68,74-75H,7-18,21,24-27,32-34,36,38-64,66-67,69-73H2,1-6H3,(H-,78,80,82,83)/b22-19-,23-20-,30-28-,31-29-,37-35-,68-65+. The molecule has 87 heavy (non-hydrogen) atoms. The predicted octanol–water partition coefficient (Wildman–Crippen LogP) is 23.3. The van der Waals surface area contributed by atoms with Crippen molar-refractivity contribution in [2.24, 2.45) is 0 Å². The molecular formula is C77H143N2O7P. The van der Waals surface area contributed by atoms with Crippen LogP contribution < -0.4 is 10.2 Å². The Hall–Kier alpha value is -2.55. The van der Waals surface area contributed by atoms with Gasteiger partial charge in [-0.3, -0.25) is 14.2 Å². The number of nitrogens with one attached hydrogen (secondary N) is 1. The summed E-state index contributed by atoms with van der Waals surface area (Å²) in [7, 11) is 1.19. The van der Waals surface area contributed by atoms with E-state index in [1.807, 2.05) is 33.3 Å². The van der Waals surface area contributed by atoms with E-state index in [1.54, 1.807) is 0 Å². The maximum atomic E-state index is 13.6. The number of esters is 1. The molecule has 0 spiro atoms. The number of amides is 1. The first kappa shape index (κ1) is 84.5. The normalized spacial score (nSPS) is 13.9. The minimum Gasteiger partial charge on any atom is -0.756 e. The monoisotopic (exact) mass is 1240 g/mol. The summed E-state index contributed by atoms with van der Waals surface area (Å²) in [5, 5.41) is 3.05. The number of phosphoric acid groups is 1. The van der Waals surface area contributed by atoms with E-state index in [2.05, 4.69) is 86.8 Å². The zero-order valence-electron chi connectivity index (χ0n) is 58.2. The number of hydrogen-bond acceptors (Lipinski definition) is 7. The van der Waals surface area contributed by atoms with Gasteiger partial charge in [0.2, 0.25) is 5.91 Å². The fourth-order valence-electron chi connectivity index (χ4n) is 10.9. The van der Waals surface area contributed by atoms with Crippen molar-refractivity contribution in [2.75, 3.05) is 40.9 Å². The molecular weight excluding hydrogens is 1100 g/mol. The number of phosphoric ester groups is 1. The molecule has 9 nitrogen and oxygen atoms in total. The number of likely N-dealkylation sites (N-methyl/N-ethyl adjacent to an activating group) is 1. The molecule has 0 heterocycles. The van der Waals surface area contributed by atoms with Gasteiger partial charge in [-0.25, -0.2) is 0 Å². The van der Waals surface area contributed by atoms with Gasteiger partial charge in [-0.1, -0.05) is 312 Å². The molecule has 0 aliphatic rings. The summed E-state index contributed by atoms with van der Waals surface area (Å²) in [6.45, 7) is 6.84. The third-order valence-corrected chi connectivity index (χ3v) is 17.6. The van der Waals surface area contributed by atoms with E-state index in [9.17, 15) is 19.0 Å². The molecule has 0 rings (SSSR count). The average molecular weight is 1240 g/mol. The highest BCUT2D eigenvalue weighted by molar-refractivity contribution is 7.45. The number of ether oxygens (including phenoxy) is 1. The molecule has 1 amide bonds. The summed E-state index contributed by atoms with van der Waals surface area (Å²) in [5.74, 6) is -0.533. The van der Waals surface area contributed by atoms with Crippen LogP contribution in [-0.4, -0.2) is 69.4 Å². The number of carbonyl (C=O) groups is 2. The number of hydrogen-bond donors (Lipinski definition) is 1. The van der Waals surface area contributed by atoms with Gasteiger partial charge in [0.1, 0.15) is 19.3 Å². The van der Waals surface area contributed by atoms with Gasteiger partial charge < -0.3 is 28.5 Å². The Morgan fingerprint density at radius 2 is 0.701 bits per heavy atom. The van der Waals surface area contributed by atoms with Crippen molar-refractivity contribution in [2.45, 2.75) is 367 Å². The number of unbranched alkanes of at least 4 members (excludes halogenated alkanes) is 42. The molecule has 0 fully saturated rings. The van der Waals surface area contributed by atoms with Gasteiger partial charge in [-0.15, -0.1) is 0 Å². The molecule has 3 atom stereocenters. The molecule has 0 aromatic rings. The molecule has 0 aromatic heterocycles. The molecule has 0 radical (unpaired) electrons. The minimum absolute atomic E-state index is 0.0235. The van der Waals surface area contributed by atoms with Crippen molar-refractivity contribution < 1.29 is 37.3 Å². The van der Waals surface area contributed by atoms with Crippen molar-refractivity contribution in [1.82, 2.24) is 5.32 Å². The lowest BCUT2D eigenvalue weighted by atomic mass is 10.0. The fraction of sp³-hybridized carbons (Fsp3) is 0.818. The van der Waals surface area contributed by atoms with E-state index in [1.165, 1.54) is 244 Å². The highest BCUT2D eigenvalue weighted by Gasteiger charge is 2.27. The maximum absolute atomic E-state index is 13.6. The summed E-state index contributed by atoms with van der Waals surface area (Å²) < 4.78 is 30.5. The average Bonchev–Trinajstić information content (AvgIpc) is 3.70.